The normalized spacial score (nSPS) is 17.7. The van der Waals surface area contributed by atoms with Gasteiger partial charge in [-0.25, -0.2) is 13.1 Å². The van der Waals surface area contributed by atoms with Crippen molar-refractivity contribution in [2.75, 3.05) is 26.2 Å². The van der Waals surface area contributed by atoms with Gasteiger partial charge >= 0.3 is 0 Å². The second-order valence-electron chi connectivity index (χ2n) is 7.16. The smallest absolute Gasteiger partial charge is 0.241 e. The second-order valence-corrected chi connectivity index (χ2v) is 8.93. The number of benzene rings is 2. The second kappa shape index (κ2) is 8.86. The monoisotopic (exact) mass is 402 g/mol. The molecule has 0 radical (unpaired) electrons. The van der Waals surface area contributed by atoms with Crippen molar-refractivity contribution in [3.63, 3.8) is 0 Å². The van der Waals surface area contributed by atoms with E-state index in [4.69, 9.17) is 4.74 Å². The molecule has 1 aliphatic rings. The van der Waals surface area contributed by atoms with Crippen molar-refractivity contribution in [2.45, 2.75) is 30.8 Å². The van der Waals surface area contributed by atoms with Crippen LogP contribution in [0.4, 0.5) is 0 Å². The average molecular weight is 403 g/mol. The SMILES string of the molecule is CC(C)c1ccc(S(=O)(=O)NCC(=O)N2CCO[C@H](c3ccccc3)C2)cc1. The Morgan fingerprint density at radius 2 is 1.82 bits per heavy atom. The van der Waals surface area contributed by atoms with Crippen LogP contribution in [0.25, 0.3) is 0 Å². The summed E-state index contributed by atoms with van der Waals surface area (Å²) in [6.07, 6.45) is -0.195. The zero-order valence-corrected chi connectivity index (χ0v) is 17.0. The number of hydrogen-bond donors (Lipinski definition) is 1. The summed E-state index contributed by atoms with van der Waals surface area (Å²) in [6.45, 7) is 5.11. The molecule has 0 aliphatic carbocycles. The summed E-state index contributed by atoms with van der Waals surface area (Å²) in [5, 5.41) is 0. The van der Waals surface area contributed by atoms with Crippen molar-refractivity contribution in [1.29, 1.82) is 0 Å². The van der Waals surface area contributed by atoms with Gasteiger partial charge in [0.05, 0.1) is 24.6 Å². The first kappa shape index (κ1) is 20.5. The number of nitrogens with one attached hydrogen (secondary N) is 1. The minimum atomic E-state index is -3.73. The van der Waals surface area contributed by atoms with Gasteiger partial charge in [0.2, 0.25) is 15.9 Å². The minimum Gasteiger partial charge on any atom is -0.370 e. The Hall–Kier alpha value is -2.22. The Kier molecular flexibility index (Phi) is 6.49. The predicted octanol–water partition coefficient (Wildman–Crippen LogP) is 2.69. The first-order valence-electron chi connectivity index (χ1n) is 9.41. The van der Waals surface area contributed by atoms with E-state index in [0.29, 0.717) is 25.6 Å². The van der Waals surface area contributed by atoms with Gasteiger partial charge in [-0.15, -0.1) is 0 Å². The summed E-state index contributed by atoms with van der Waals surface area (Å²) < 4.78 is 33.1. The number of carbonyl (C=O) groups is 1. The summed E-state index contributed by atoms with van der Waals surface area (Å²) in [5.74, 6) is 0.0665. The van der Waals surface area contributed by atoms with Gasteiger partial charge in [-0.2, -0.15) is 0 Å². The highest BCUT2D eigenvalue weighted by Gasteiger charge is 2.26. The highest BCUT2D eigenvalue weighted by Crippen LogP contribution is 2.22. The molecule has 6 nitrogen and oxygen atoms in total. The molecule has 0 unspecified atom stereocenters. The van der Waals surface area contributed by atoms with Gasteiger partial charge in [0.1, 0.15) is 6.10 Å². The zero-order valence-electron chi connectivity index (χ0n) is 16.2. The molecular formula is C21H26N2O4S. The standard InChI is InChI=1S/C21H26N2O4S/c1-16(2)17-8-10-19(11-9-17)28(25,26)22-14-21(24)23-12-13-27-20(15-23)18-6-4-3-5-7-18/h3-11,16,20,22H,12-15H2,1-2H3/t20-/m0/s1. The first-order chi connectivity index (χ1) is 13.4. The molecule has 2 aromatic carbocycles. The van der Waals surface area contributed by atoms with Crippen molar-refractivity contribution in [2.24, 2.45) is 0 Å². The average Bonchev–Trinajstić information content (AvgIpc) is 2.73. The molecule has 28 heavy (non-hydrogen) atoms. The van der Waals surface area contributed by atoms with Crippen LogP contribution < -0.4 is 4.72 Å². The molecule has 0 bridgehead atoms. The van der Waals surface area contributed by atoms with Crippen LogP contribution in [-0.4, -0.2) is 45.5 Å². The van der Waals surface area contributed by atoms with Crippen LogP contribution in [0.2, 0.25) is 0 Å². The molecule has 7 heteroatoms. The van der Waals surface area contributed by atoms with Crippen molar-refractivity contribution in [3.05, 3.63) is 65.7 Å². The molecule has 0 spiro atoms. The van der Waals surface area contributed by atoms with Crippen LogP contribution in [0.15, 0.2) is 59.5 Å². The van der Waals surface area contributed by atoms with Gasteiger partial charge < -0.3 is 9.64 Å². The van der Waals surface area contributed by atoms with E-state index in [1.165, 1.54) is 0 Å². The van der Waals surface area contributed by atoms with Gasteiger partial charge in [-0.3, -0.25) is 4.79 Å². The van der Waals surface area contributed by atoms with E-state index in [1.54, 1.807) is 29.2 Å². The van der Waals surface area contributed by atoms with E-state index in [-0.39, 0.29) is 23.5 Å². The number of amides is 1. The quantitative estimate of drug-likeness (QED) is 0.806. The first-order valence-corrected chi connectivity index (χ1v) is 10.9. The molecule has 2 aromatic rings. The number of sulfonamides is 1. The van der Waals surface area contributed by atoms with Crippen molar-refractivity contribution < 1.29 is 17.9 Å². The summed E-state index contributed by atoms with van der Waals surface area (Å²) in [5.41, 5.74) is 2.07. The molecule has 1 atom stereocenters. The van der Waals surface area contributed by atoms with E-state index >= 15 is 0 Å². The lowest BCUT2D eigenvalue weighted by molar-refractivity contribution is -0.137. The third-order valence-corrected chi connectivity index (χ3v) is 6.28. The highest BCUT2D eigenvalue weighted by atomic mass is 32.2. The number of nitrogens with zero attached hydrogens (tertiary/aromatic N) is 1. The molecule has 1 aliphatic heterocycles. The molecular weight excluding hydrogens is 376 g/mol. The summed E-state index contributed by atoms with van der Waals surface area (Å²) in [4.78, 5) is 14.3. The third-order valence-electron chi connectivity index (χ3n) is 4.86. The molecule has 1 amide bonds. The maximum atomic E-state index is 12.5. The molecule has 0 aromatic heterocycles. The number of ether oxygens (including phenoxy) is 1. The number of morpholine rings is 1. The van der Waals surface area contributed by atoms with Gasteiger partial charge in [-0.1, -0.05) is 56.3 Å². The molecule has 1 saturated heterocycles. The lowest BCUT2D eigenvalue weighted by atomic mass is 10.0. The van der Waals surface area contributed by atoms with Gasteiger partial charge in [0.15, 0.2) is 0 Å². The van der Waals surface area contributed by atoms with Crippen molar-refractivity contribution >= 4 is 15.9 Å². The summed E-state index contributed by atoms with van der Waals surface area (Å²) in [7, 11) is -3.73. The zero-order chi connectivity index (χ0) is 20.1. The van der Waals surface area contributed by atoms with E-state index < -0.39 is 10.0 Å². The Morgan fingerprint density at radius 1 is 1.14 bits per heavy atom. The van der Waals surface area contributed by atoms with E-state index in [0.717, 1.165) is 11.1 Å². The fourth-order valence-corrected chi connectivity index (χ4v) is 4.10. The van der Waals surface area contributed by atoms with Crippen molar-refractivity contribution in [1.82, 2.24) is 9.62 Å². The Labute approximate surface area is 166 Å². The fraction of sp³-hybridized carbons (Fsp3) is 0.381. The Balaban J connectivity index is 1.59. The molecule has 150 valence electrons. The fourth-order valence-electron chi connectivity index (χ4n) is 3.13. The van der Waals surface area contributed by atoms with Crippen LogP contribution in [0.5, 0.6) is 0 Å². The number of hydrogen-bond acceptors (Lipinski definition) is 4. The lowest BCUT2D eigenvalue weighted by Crippen LogP contribution is -2.46. The lowest BCUT2D eigenvalue weighted by Gasteiger charge is -2.33. The third kappa shape index (κ3) is 4.98. The maximum absolute atomic E-state index is 12.5. The summed E-state index contributed by atoms with van der Waals surface area (Å²) in [6, 6.07) is 16.4. The van der Waals surface area contributed by atoms with Gasteiger partial charge in [-0.05, 0) is 29.2 Å². The highest BCUT2D eigenvalue weighted by molar-refractivity contribution is 7.89. The Morgan fingerprint density at radius 3 is 2.46 bits per heavy atom. The van der Waals surface area contributed by atoms with E-state index in [9.17, 15) is 13.2 Å². The molecule has 3 rings (SSSR count). The number of rotatable bonds is 6. The van der Waals surface area contributed by atoms with Gasteiger partial charge in [0, 0.05) is 6.54 Å². The number of carbonyl (C=O) groups excluding carboxylic acids is 1. The van der Waals surface area contributed by atoms with Gasteiger partial charge in [0.25, 0.3) is 0 Å². The largest absolute Gasteiger partial charge is 0.370 e. The van der Waals surface area contributed by atoms with Crippen molar-refractivity contribution in [3.8, 4) is 0 Å². The van der Waals surface area contributed by atoms with Crippen LogP contribution in [0, 0.1) is 0 Å². The van der Waals surface area contributed by atoms with E-state index in [2.05, 4.69) is 4.72 Å². The molecule has 1 N–H and O–H groups in total. The van der Waals surface area contributed by atoms with E-state index in [1.807, 2.05) is 44.2 Å². The van der Waals surface area contributed by atoms with Crippen LogP contribution in [0.1, 0.15) is 37.0 Å². The summed E-state index contributed by atoms with van der Waals surface area (Å²) >= 11 is 0. The Bertz CT molecular complexity index is 896. The maximum Gasteiger partial charge on any atom is 0.241 e. The molecule has 1 heterocycles. The topological polar surface area (TPSA) is 75.7 Å². The van der Waals surface area contributed by atoms with Crippen LogP contribution in [-0.2, 0) is 19.6 Å². The molecule has 1 fully saturated rings. The minimum absolute atomic E-state index is 0.161. The van der Waals surface area contributed by atoms with Crippen LogP contribution >= 0.6 is 0 Å². The predicted molar refractivity (Wildman–Crippen MR) is 107 cm³/mol. The molecule has 0 saturated carbocycles. The van der Waals surface area contributed by atoms with Crippen LogP contribution in [0.3, 0.4) is 0 Å².